The largest absolute Gasteiger partial charge is 0.316 e. The molecule has 1 aliphatic carbocycles. The van der Waals surface area contributed by atoms with Gasteiger partial charge in [-0.05, 0) is 149 Å². The highest BCUT2D eigenvalue weighted by Crippen LogP contribution is 2.44. The Balaban J connectivity index is 0.00000122. The van der Waals surface area contributed by atoms with E-state index in [9.17, 15) is 0 Å². The summed E-state index contributed by atoms with van der Waals surface area (Å²) in [6.45, 7) is 24.6. The van der Waals surface area contributed by atoms with Gasteiger partial charge in [0.25, 0.3) is 0 Å². The predicted octanol–water partition coefficient (Wildman–Crippen LogP) is 18.1. The van der Waals surface area contributed by atoms with Crippen LogP contribution >= 0.6 is 0 Å². The summed E-state index contributed by atoms with van der Waals surface area (Å²) in [4.78, 5) is 0. The number of fused-ring (bicyclic) bond motifs is 2. The van der Waals surface area contributed by atoms with Crippen LogP contribution in [0.15, 0.2) is 177 Å². The van der Waals surface area contributed by atoms with Gasteiger partial charge in [0.05, 0.1) is 11.2 Å². The Morgan fingerprint density at radius 1 is 0.471 bits per heavy atom. The third-order valence-corrected chi connectivity index (χ3v) is 12.1. The van der Waals surface area contributed by atoms with Crippen molar-refractivity contribution >= 4 is 47.4 Å². The fraction of sp³-hybridized carbons (Fsp3) is 0.182. The molecule has 0 atom stereocenters. The fourth-order valence-electron chi connectivity index (χ4n) is 9.37. The summed E-state index contributed by atoms with van der Waals surface area (Å²) in [7, 11) is 0. The average molecular weight is 891 g/mol. The Kier molecular flexibility index (Phi) is 17.9. The lowest BCUT2D eigenvalue weighted by Crippen LogP contribution is -2.32. The number of aromatic nitrogens is 2. The third-order valence-electron chi connectivity index (χ3n) is 12.1. The van der Waals surface area contributed by atoms with Crippen molar-refractivity contribution in [2.75, 3.05) is 0 Å². The van der Waals surface area contributed by atoms with E-state index in [2.05, 4.69) is 237 Å². The first-order valence-electron chi connectivity index (χ1n) is 24.8. The standard InChI is InChI=1S/C60H52N2.3C2H6/c1-6-10-13-28-47-41-61(54(22-7-2)42(47)5)48-37-33-45(34-38-48)59-57(43-24-14-11-15-25-43)52-30-18-19-31-53(52)58(44-26-16-12-17-27-44)60(59)46-35-39-49(40-36-46)62-55(23-8-3)50(9-4)51-29-20-21-32-56(51)62;3*1-2/h6-17,20-41H,4,18-19H2,1-3,5H3;3*1-2H3/b10-6-,22-7-,23-8-,28-13-;;;. The fourth-order valence-corrected chi connectivity index (χ4v) is 9.37. The van der Waals surface area contributed by atoms with Crippen LogP contribution in [-0.2, 0) is 0 Å². The lowest BCUT2D eigenvalue weighted by molar-refractivity contribution is 1.06. The molecular formula is C66H70N2. The van der Waals surface area contributed by atoms with Crippen LogP contribution in [0.3, 0.4) is 0 Å². The number of hydrogen-bond acceptors (Lipinski definition) is 0. The predicted molar refractivity (Wildman–Crippen MR) is 304 cm³/mol. The van der Waals surface area contributed by atoms with Crippen molar-refractivity contribution in [3.05, 3.63) is 215 Å². The van der Waals surface area contributed by atoms with Crippen molar-refractivity contribution in [3.8, 4) is 55.9 Å². The van der Waals surface area contributed by atoms with Crippen LogP contribution in [0.1, 0.15) is 103 Å². The molecule has 0 aliphatic heterocycles. The van der Waals surface area contributed by atoms with Gasteiger partial charge in [-0.15, -0.1) is 0 Å². The van der Waals surface area contributed by atoms with Crippen LogP contribution < -0.4 is 10.4 Å². The lowest BCUT2D eigenvalue weighted by Gasteiger charge is -2.24. The molecule has 68 heavy (non-hydrogen) atoms. The van der Waals surface area contributed by atoms with Gasteiger partial charge >= 0.3 is 0 Å². The summed E-state index contributed by atoms with van der Waals surface area (Å²) in [6, 6.07) is 49.1. The molecular weight excluding hydrogens is 821 g/mol. The lowest BCUT2D eigenvalue weighted by atomic mass is 9.79. The summed E-state index contributed by atoms with van der Waals surface area (Å²) in [5.74, 6) is 0. The third kappa shape index (κ3) is 9.97. The topological polar surface area (TPSA) is 9.86 Å². The van der Waals surface area contributed by atoms with Crippen LogP contribution in [0.25, 0.3) is 103 Å². The highest BCUT2D eigenvalue weighted by atomic mass is 15.0. The first kappa shape index (κ1) is 50.0. The average Bonchev–Trinajstić information content (AvgIpc) is 3.90. The van der Waals surface area contributed by atoms with Gasteiger partial charge in [0.1, 0.15) is 0 Å². The minimum absolute atomic E-state index is 1.00. The summed E-state index contributed by atoms with van der Waals surface area (Å²) >= 11 is 0. The van der Waals surface area contributed by atoms with E-state index in [4.69, 9.17) is 0 Å². The first-order valence-corrected chi connectivity index (χ1v) is 24.8. The molecule has 0 spiro atoms. The number of para-hydroxylation sites is 1. The molecule has 9 rings (SSSR count). The maximum atomic E-state index is 4.22. The van der Waals surface area contributed by atoms with E-state index in [1.807, 2.05) is 54.5 Å². The molecule has 2 heteroatoms. The quantitative estimate of drug-likeness (QED) is 0.115. The smallest absolute Gasteiger partial charge is 0.0541 e. The summed E-state index contributed by atoms with van der Waals surface area (Å²) < 4.78 is 4.69. The molecule has 0 saturated carbocycles. The number of allylic oxidation sites excluding steroid dienone is 5. The molecule has 0 unspecified atom stereocenters. The van der Waals surface area contributed by atoms with Crippen molar-refractivity contribution in [1.29, 1.82) is 0 Å². The van der Waals surface area contributed by atoms with E-state index in [-0.39, 0.29) is 0 Å². The molecule has 0 bridgehead atoms. The first-order chi connectivity index (χ1) is 33.6. The van der Waals surface area contributed by atoms with Crippen LogP contribution in [-0.4, -0.2) is 9.13 Å². The van der Waals surface area contributed by atoms with E-state index in [1.54, 1.807) is 0 Å². The van der Waals surface area contributed by atoms with Gasteiger partial charge in [0, 0.05) is 34.2 Å². The van der Waals surface area contributed by atoms with Crippen molar-refractivity contribution in [2.24, 2.45) is 0 Å². The molecule has 0 amide bonds. The summed E-state index contributed by atoms with van der Waals surface area (Å²) in [6.07, 6.45) is 28.3. The maximum Gasteiger partial charge on any atom is 0.0541 e. The van der Waals surface area contributed by atoms with E-state index in [0.29, 0.717) is 0 Å². The van der Waals surface area contributed by atoms with Crippen molar-refractivity contribution in [1.82, 2.24) is 9.13 Å². The van der Waals surface area contributed by atoms with E-state index in [1.165, 1.54) is 77.2 Å². The Hall–Kier alpha value is -7.42. The number of nitrogens with zero attached hydrogens (tertiary/aromatic N) is 2. The normalized spacial score (nSPS) is 11.9. The van der Waals surface area contributed by atoms with Crippen molar-refractivity contribution < 1.29 is 0 Å². The van der Waals surface area contributed by atoms with Gasteiger partial charge in [0.15, 0.2) is 0 Å². The number of rotatable bonds is 11. The second-order valence-electron chi connectivity index (χ2n) is 15.8. The van der Waals surface area contributed by atoms with Crippen LogP contribution in [0.4, 0.5) is 0 Å². The van der Waals surface area contributed by atoms with Gasteiger partial charge in [-0.3, -0.25) is 0 Å². The molecule has 2 aromatic heterocycles. The van der Waals surface area contributed by atoms with E-state index >= 15 is 0 Å². The molecule has 0 saturated heterocycles. The molecule has 1 aliphatic rings. The van der Waals surface area contributed by atoms with Gasteiger partial charge in [0.2, 0.25) is 0 Å². The molecule has 2 heterocycles. The minimum atomic E-state index is 1.00. The van der Waals surface area contributed by atoms with Crippen LogP contribution in [0, 0.1) is 6.92 Å². The zero-order chi connectivity index (χ0) is 48.6. The Morgan fingerprint density at radius 2 is 0.941 bits per heavy atom. The van der Waals surface area contributed by atoms with Crippen molar-refractivity contribution in [2.45, 2.75) is 82.1 Å². The van der Waals surface area contributed by atoms with Crippen LogP contribution in [0.5, 0.6) is 0 Å². The molecule has 8 aromatic rings. The Labute approximate surface area is 407 Å². The van der Waals surface area contributed by atoms with Crippen LogP contribution in [0.2, 0.25) is 0 Å². The second kappa shape index (κ2) is 24.4. The molecule has 344 valence electrons. The molecule has 0 radical (unpaired) electrons. The van der Waals surface area contributed by atoms with E-state index < -0.39 is 0 Å². The number of hydrogen-bond donors (Lipinski definition) is 0. The highest BCUT2D eigenvalue weighted by molar-refractivity contribution is 6.03. The summed E-state index contributed by atoms with van der Waals surface area (Å²) in [5, 5.41) is 3.81. The molecule has 0 N–H and O–H groups in total. The SMILES string of the molecule is C=Cc1c(/C=C\C)n(-c2ccc(-c3c(-c4ccc(-n5cc(/C=C\C=C/C)c(C)c5/C=C\C)cc4)c(-c4ccccc4)c4c(c3-c3ccccc3)=CCCC=4)cc2)c2ccccc12.CC.CC.CC. The van der Waals surface area contributed by atoms with Gasteiger partial charge in [-0.25, -0.2) is 0 Å². The van der Waals surface area contributed by atoms with Gasteiger partial charge < -0.3 is 9.13 Å². The Bertz CT molecular complexity index is 3180. The second-order valence-corrected chi connectivity index (χ2v) is 15.8. The molecule has 0 fully saturated rings. The van der Waals surface area contributed by atoms with E-state index in [0.717, 1.165) is 41.0 Å². The minimum Gasteiger partial charge on any atom is -0.316 e. The molecule has 2 nitrogen and oxygen atoms in total. The maximum absolute atomic E-state index is 4.22. The zero-order valence-electron chi connectivity index (χ0n) is 42.1. The number of benzene rings is 6. The summed E-state index contributed by atoms with van der Waals surface area (Å²) in [5.41, 5.74) is 19.1. The van der Waals surface area contributed by atoms with Gasteiger partial charge in [-0.1, -0.05) is 206 Å². The van der Waals surface area contributed by atoms with Gasteiger partial charge in [-0.2, -0.15) is 0 Å². The molecule has 6 aromatic carbocycles. The highest BCUT2D eigenvalue weighted by Gasteiger charge is 2.24. The monoisotopic (exact) mass is 891 g/mol. The zero-order valence-corrected chi connectivity index (χ0v) is 42.1. The van der Waals surface area contributed by atoms with Crippen molar-refractivity contribution in [3.63, 3.8) is 0 Å². The Morgan fingerprint density at radius 3 is 1.44 bits per heavy atom.